The fraction of sp³-hybridized carbons (Fsp3) is 0.400. The van der Waals surface area contributed by atoms with Gasteiger partial charge in [0.2, 0.25) is 5.91 Å². The molecule has 2 rings (SSSR count). The molecule has 2 aromatic rings. The molecular weight excluding hydrogens is 316 g/mol. The van der Waals surface area contributed by atoms with Crippen molar-refractivity contribution >= 4 is 34.3 Å². The van der Waals surface area contributed by atoms with Crippen molar-refractivity contribution in [2.75, 3.05) is 0 Å². The van der Waals surface area contributed by atoms with E-state index >= 15 is 0 Å². The predicted molar refractivity (Wildman–Crippen MR) is 91.9 cm³/mol. The van der Waals surface area contributed by atoms with E-state index in [0.29, 0.717) is 23.7 Å². The SMILES string of the molecule is CC(C)NC(=S)NNC(=O)CCCn1c(=O)oc2ccccc21. The lowest BCUT2D eigenvalue weighted by Gasteiger charge is -2.13. The Morgan fingerprint density at radius 1 is 1.30 bits per heavy atom. The van der Waals surface area contributed by atoms with Gasteiger partial charge in [-0.3, -0.25) is 20.2 Å². The van der Waals surface area contributed by atoms with Gasteiger partial charge in [-0.1, -0.05) is 12.1 Å². The molecule has 3 N–H and O–H groups in total. The standard InChI is InChI=1S/C15H20N4O3S/c1-10(2)16-14(23)18-17-13(20)8-5-9-19-11-6-3-4-7-12(11)22-15(19)21/h3-4,6-7,10H,5,8-9H2,1-2H3,(H,17,20)(H2,16,18,23). The van der Waals surface area contributed by atoms with Crippen molar-refractivity contribution in [3.63, 3.8) is 0 Å². The zero-order chi connectivity index (χ0) is 16.8. The number of aromatic nitrogens is 1. The number of aryl methyl sites for hydroxylation is 1. The average molecular weight is 336 g/mol. The Bertz CT molecular complexity index is 751. The van der Waals surface area contributed by atoms with Gasteiger partial charge in [-0.25, -0.2) is 4.79 Å². The third-order valence-electron chi connectivity index (χ3n) is 3.09. The van der Waals surface area contributed by atoms with Crippen LogP contribution in [-0.2, 0) is 11.3 Å². The van der Waals surface area contributed by atoms with E-state index in [9.17, 15) is 9.59 Å². The van der Waals surface area contributed by atoms with Crippen molar-refractivity contribution in [2.45, 2.75) is 39.3 Å². The molecule has 0 bridgehead atoms. The van der Waals surface area contributed by atoms with Crippen LogP contribution >= 0.6 is 12.2 Å². The maximum absolute atomic E-state index is 11.8. The van der Waals surface area contributed by atoms with E-state index in [2.05, 4.69) is 16.2 Å². The summed E-state index contributed by atoms with van der Waals surface area (Å²) in [5.41, 5.74) is 6.43. The monoisotopic (exact) mass is 336 g/mol. The van der Waals surface area contributed by atoms with Crippen LogP contribution in [0.4, 0.5) is 0 Å². The van der Waals surface area contributed by atoms with Crippen molar-refractivity contribution in [3.05, 3.63) is 34.8 Å². The highest BCUT2D eigenvalue weighted by Gasteiger charge is 2.09. The van der Waals surface area contributed by atoms with Crippen molar-refractivity contribution < 1.29 is 9.21 Å². The highest BCUT2D eigenvalue weighted by Crippen LogP contribution is 2.12. The number of rotatable bonds is 5. The van der Waals surface area contributed by atoms with Crippen LogP contribution < -0.4 is 21.9 Å². The molecule has 0 aliphatic rings. The molecule has 0 fully saturated rings. The number of oxazole rings is 1. The first-order chi connectivity index (χ1) is 11.0. The molecular formula is C15H20N4O3S. The minimum atomic E-state index is -0.410. The molecule has 0 radical (unpaired) electrons. The first-order valence-electron chi connectivity index (χ1n) is 7.41. The number of hydrogen-bond donors (Lipinski definition) is 3. The summed E-state index contributed by atoms with van der Waals surface area (Å²) in [5, 5.41) is 3.32. The topological polar surface area (TPSA) is 88.3 Å². The minimum absolute atomic E-state index is 0.188. The van der Waals surface area contributed by atoms with Crippen LogP contribution in [0.1, 0.15) is 26.7 Å². The van der Waals surface area contributed by atoms with E-state index < -0.39 is 5.76 Å². The summed E-state index contributed by atoms with van der Waals surface area (Å²) >= 11 is 5.00. The third-order valence-corrected chi connectivity index (χ3v) is 3.31. The summed E-state index contributed by atoms with van der Waals surface area (Å²) in [7, 11) is 0. The number of amides is 1. The number of nitrogens with one attached hydrogen (secondary N) is 3. The van der Waals surface area contributed by atoms with Crippen LogP contribution in [0, 0.1) is 0 Å². The molecule has 1 aromatic carbocycles. The van der Waals surface area contributed by atoms with E-state index in [4.69, 9.17) is 16.6 Å². The lowest BCUT2D eigenvalue weighted by Crippen LogP contribution is -2.48. The molecule has 23 heavy (non-hydrogen) atoms. The molecule has 0 atom stereocenters. The van der Waals surface area contributed by atoms with Gasteiger partial charge in [0.05, 0.1) is 5.52 Å². The molecule has 0 spiro atoms. The van der Waals surface area contributed by atoms with Gasteiger partial charge >= 0.3 is 5.76 Å². The summed E-state index contributed by atoms with van der Waals surface area (Å²) in [6.45, 7) is 4.31. The Hall–Kier alpha value is -2.35. The number of nitrogens with zero attached hydrogens (tertiary/aromatic N) is 1. The van der Waals surface area contributed by atoms with Gasteiger partial charge < -0.3 is 9.73 Å². The summed E-state index contributed by atoms with van der Waals surface area (Å²) in [6, 6.07) is 7.40. The van der Waals surface area contributed by atoms with E-state index in [0.717, 1.165) is 5.52 Å². The highest BCUT2D eigenvalue weighted by atomic mass is 32.1. The Morgan fingerprint density at radius 2 is 2.04 bits per heavy atom. The Morgan fingerprint density at radius 3 is 2.78 bits per heavy atom. The Labute approximate surface area is 139 Å². The lowest BCUT2D eigenvalue weighted by molar-refractivity contribution is -0.121. The molecule has 1 amide bonds. The Kier molecular flexibility index (Phi) is 5.75. The van der Waals surface area contributed by atoms with E-state index in [1.807, 2.05) is 32.0 Å². The molecule has 0 saturated carbocycles. The van der Waals surface area contributed by atoms with Gasteiger partial charge in [0.1, 0.15) is 0 Å². The van der Waals surface area contributed by atoms with Crippen molar-refractivity contribution in [3.8, 4) is 0 Å². The first kappa shape index (κ1) is 17.0. The minimum Gasteiger partial charge on any atom is -0.408 e. The number of hydrazine groups is 1. The molecule has 1 aromatic heterocycles. The number of para-hydroxylation sites is 2. The molecule has 0 saturated heterocycles. The van der Waals surface area contributed by atoms with E-state index in [1.165, 1.54) is 4.57 Å². The fourth-order valence-corrected chi connectivity index (χ4v) is 2.40. The van der Waals surface area contributed by atoms with Gasteiger partial charge in [-0.05, 0) is 44.6 Å². The Balaban J connectivity index is 1.80. The second kappa shape index (κ2) is 7.77. The third kappa shape index (κ3) is 4.82. The number of benzene rings is 1. The summed E-state index contributed by atoms with van der Waals surface area (Å²) < 4.78 is 6.67. The van der Waals surface area contributed by atoms with Crippen LogP contribution in [0.3, 0.4) is 0 Å². The molecule has 8 heteroatoms. The highest BCUT2D eigenvalue weighted by molar-refractivity contribution is 7.80. The van der Waals surface area contributed by atoms with Gasteiger partial charge in [0, 0.05) is 19.0 Å². The molecule has 0 aliphatic heterocycles. The molecule has 1 heterocycles. The maximum Gasteiger partial charge on any atom is 0.419 e. The van der Waals surface area contributed by atoms with Crippen molar-refractivity contribution in [2.24, 2.45) is 0 Å². The van der Waals surface area contributed by atoms with Crippen LogP contribution in [0.5, 0.6) is 0 Å². The zero-order valence-electron chi connectivity index (χ0n) is 13.1. The number of fused-ring (bicyclic) bond motifs is 1. The van der Waals surface area contributed by atoms with Crippen LogP contribution in [0.25, 0.3) is 11.1 Å². The van der Waals surface area contributed by atoms with Crippen molar-refractivity contribution in [1.82, 2.24) is 20.7 Å². The number of carbonyl (C=O) groups excluding carboxylic acids is 1. The largest absolute Gasteiger partial charge is 0.419 e. The van der Waals surface area contributed by atoms with Gasteiger partial charge in [0.25, 0.3) is 0 Å². The number of hydrogen-bond acceptors (Lipinski definition) is 4. The molecule has 124 valence electrons. The van der Waals surface area contributed by atoms with Gasteiger partial charge in [0.15, 0.2) is 10.7 Å². The second-order valence-corrected chi connectivity index (χ2v) is 5.80. The number of carbonyl (C=O) groups is 1. The molecule has 0 unspecified atom stereocenters. The summed E-state index contributed by atoms with van der Waals surface area (Å²) in [4.78, 5) is 23.5. The summed E-state index contributed by atoms with van der Waals surface area (Å²) in [6.07, 6.45) is 0.782. The van der Waals surface area contributed by atoms with Crippen LogP contribution in [-0.4, -0.2) is 21.6 Å². The average Bonchev–Trinajstić information content (AvgIpc) is 2.80. The normalized spacial score (nSPS) is 10.7. The zero-order valence-corrected chi connectivity index (χ0v) is 13.9. The fourth-order valence-electron chi connectivity index (χ4n) is 2.11. The second-order valence-electron chi connectivity index (χ2n) is 5.39. The smallest absolute Gasteiger partial charge is 0.408 e. The number of thiocarbonyl (C=S) groups is 1. The molecule has 0 aliphatic carbocycles. The van der Waals surface area contributed by atoms with E-state index in [-0.39, 0.29) is 18.4 Å². The summed E-state index contributed by atoms with van der Waals surface area (Å²) in [5.74, 6) is -0.606. The van der Waals surface area contributed by atoms with Gasteiger partial charge in [-0.2, -0.15) is 0 Å². The maximum atomic E-state index is 11.8. The quantitative estimate of drug-likeness (QED) is 0.563. The molecule has 7 nitrogen and oxygen atoms in total. The van der Waals surface area contributed by atoms with Crippen LogP contribution in [0.15, 0.2) is 33.5 Å². The first-order valence-corrected chi connectivity index (χ1v) is 7.82. The van der Waals surface area contributed by atoms with Gasteiger partial charge in [-0.15, -0.1) is 0 Å². The lowest BCUT2D eigenvalue weighted by atomic mass is 10.3. The predicted octanol–water partition coefficient (Wildman–Crippen LogP) is 1.28. The van der Waals surface area contributed by atoms with Crippen molar-refractivity contribution in [1.29, 1.82) is 0 Å². The van der Waals surface area contributed by atoms with Crippen LogP contribution in [0.2, 0.25) is 0 Å². The van der Waals surface area contributed by atoms with E-state index in [1.54, 1.807) is 6.07 Å².